The van der Waals surface area contributed by atoms with Crippen molar-refractivity contribution in [1.29, 1.82) is 5.26 Å². The Morgan fingerprint density at radius 2 is 1.76 bits per heavy atom. The summed E-state index contributed by atoms with van der Waals surface area (Å²) in [6, 6.07) is 13.0. The van der Waals surface area contributed by atoms with Crippen LogP contribution in [0.3, 0.4) is 0 Å². The molecule has 1 nitrogen and oxygen atoms in total. The minimum Gasteiger partial charge on any atom is -0.204 e. The second kappa shape index (κ2) is 4.75. The molecule has 0 aliphatic heterocycles. The van der Waals surface area contributed by atoms with Crippen LogP contribution in [0.15, 0.2) is 42.5 Å². The maximum absolute atomic E-state index is 13.1. The number of nitrogens with zero attached hydrogens (tertiary/aromatic N) is 1. The number of halogens is 2. The summed E-state index contributed by atoms with van der Waals surface area (Å²) in [5.41, 5.74) is 2.14. The summed E-state index contributed by atoms with van der Waals surface area (Å²) >= 11 is 0. The Bertz CT molecular complexity index is 585. The highest BCUT2D eigenvalue weighted by Gasteiger charge is 2.07. The van der Waals surface area contributed by atoms with Gasteiger partial charge in [-0.05, 0) is 28.8 Å². The van der Waals surface area contributed by atoms with Crippen LogP contribution in [0.4, 0.5) is 8.78 Å². The number of rotatable bonds is 2. The van der Waals surface area contributed by atoms with Crippen molar-refractivity contribution in [2.24, 2.45) is 0 Å². The Labute approximate surface area is 97.9 Å². The molecule has 0 aromatic heterocycles. The van der Waals surface area contributed by atoms with E-state index in [0.717, 1.165) is 23.3 Å². The van der Waals surface area contributed by atoms with Crippen molar-refractivity contribution in [3.05, 3.63) is 59.7 Å². The first kappa shape index (κ1) is 11.3. The van der Waals surface area contributed by atoms with E-state index in [9.17, 15) is 8.78 Å². The van der Waals surface area contributed by atoms with Gasteiger partial charge in [0.15, 0.2) is 11.6 Å². The van der Waals surface area contributed by atoms with Crippen LogP contribution in [0.2, 0.25) is 0 Å². The monoisotopic (exact) mass is 229 g/mol. The molecule has 0 fully saturated rings. The Morgan fingerprint density at radius 1 is 1.00 bits per heavy atom. The number of nitriles is 1. The standard InChI is InChI=1S/C14H9F2N/c15-13-6-5-11(9-14(13)16)12-4-2-1-3-10(12)7-8-17/h1-6,9H,7H2. The van der Waals surface area contributed by atoms with Gasteiger partial charge in [-0.1, -0.05) is 30.3 Å². The molecule has 0 N–H and O–H groups in total. The Kier molecular flexibility index (Phi) is 3.15. The maximum atomic E-state index is 13.1. The van der Waals surface area contributed by atoms with Gasteiger partial charge < -0.3 is 0 Å². The maximum Gasteiger partial charge on any atom is 0.159 e. The molecular weight excluding hydrogens is 220 g/mol. The summed E-state index contributed by atoms with van der Waals surface area (Å²) in [5, 5.41) is 8.71. The zero-order chi connectivity index (χ0) is 12.3. The fourth-order valence-corrected chi connectivity index (χ4v) is 1.70. The van der Waals surface area contributed by atoms with Crippen molar-refractivity contribution in [2.45, 2.75) is 6.42 Å². The quantitative estimate of drug-likeness (QED) is 0.770. The third kappa shape index (κ3) is 2.31. The number of hydrogen-bond donors (Lipinski definition) is 0. The molecule has 0 radical (unpaired) electrons. The first-order chi connectivity index (χ1) is 8.22. The second-order valence-corrected chi connectivity index (χ2v) is 3.62. The fraction of sp³-hybridized carbons (Fsp3) is 0.0714. The zero-order valence-electron chi connectivity index (χ0n) is 8.95. The van der Waals surface area contributed by atoms with Crippen LogP contribution in [0.1, 0.15) is 5.56 Å². The van der Waals surface area contributed by atoms with Gasteiger partial charge in [-0.3, -0.25) is 0 Å². The van der Waals surface area contributed by atoms with E-state index < -0.39 is 11.6 Å². The molecule has 0 saturated heterocycles. The molecule has 0 saturated carbocycles. The highest BCUT2D eigenvalue weighted by Crippen LogP contribution is 2.25. The van der Waals surface area contributed by atoms with Gasteiger partial charge in [-0.15, -0.1) is 0 Å². The molecule has 2 rings (SSSR count). The number of benzene rings is 2. The minimum atomic E-state index is -0.880. The van der Waals surface area contributed by atoms with Crippen LogP contribution < -0.4 is 0 Å². The molecule has 2 aromatic carbocycles. The Hall–Kier alpha value is -2.21. The van der Waals surface area contributed by atoms with E-state index >= 15 is 0 Å². The normalized spacial score (nSPS) is 9.94. The molecule has 0 spiro atoms. The van der Waals surface area contributed by atoms with Gasteiger partial charge in [0, 0.05) is 0 Å². The second-order valence-electron chi connectivity index (χ2n) is 3.62. The summed E-state index contributed by atoms with van der Waals surface area (Å²) in [6.45, 7) is 0. The molecule has 0 bridgehead atoms. The van der Waals surface area contributed by atoms with Gasteiger partial charge in [0.05, 0.1) is 12.5 Å². The van der Waals surface area contributed by atoms with E-state index in [1.54, 1.807) is 18.2 Å². The van der Waals surface area contributed by atoms with Crippen LogP contribution in [0.25, 0.3) is 11.1 Å². The minimum absolute atomic E-state index is 0.245. The van der Waals surface area contributed by atoms with E-state index in [1.807, 2.05) is 6.07 Å². The van der Waals surface area contributed by atoms with E-state index in [4.69, 9.17) is 5.26 Å². The third-order valence-electron chi connectivity index (χ3n) is 2.52. The van der Waals surface area contributed by atoms with Crippen LogP contribution in [0, 0.1) is 23.0 Å². The molecule has 17 heavy (non-hydrogen) atoms. The lowest BCUT2D eigenvalue weighted by Crippen LogP contribution is -1.90. The Balaban J connectivity index is 2.53. The summed E-state index contributed by atoms with van der Waals surface area (Å²) in [7, 11) is 0. The first-order valence-corrected chi connectivity index (χ1v) is 5.12. The van der Waals surface area contributed by atoms with E-state index in [1.165, 1.54) is 6.07 Å². The van der Waals surface area contributed by atoms with Crippen molar-refractivity contribution in [3.8, 4) is 17.2 Å². The highest BCUT2D eigenvalue weighted by molar-refractivity contribution is 5.67. The molecule has 2 aromatic rings. The SMILES string of the molecule is N#CCc1ccccc1-c1ccc(F)c(F)c1. The van der Waals surface area contributed by atoms with Crippen LogP contribution in [-0.4, -0.2) is 0 Å². The van der Waals surface area contributed by atoms with Crippen LogP contribution in [-0.2, 0) is 6.42 Å². The van der Waals surface area contributed by atoms with Gasteiger partial charge in [0.25, 0.3) is 0 Å². The van der Waals surface area contributed by atoms with Crippen molar-refractivity contribution >= 4 is 0 Å². The highest BCUT2D eigenvalue weighted by atomic mass is 19.2. The molecule has 0 atom stereocenters. The van der Waals surface area contributed by atoms with E-state index in [2.05, 4.69) is 6.07 Å². The molecule has 0 amide bonds. The molecule has 0 aliphatic rings. The molecule has 0 aliphatic carbocycles. The van der Waals surface area contributed by atoms with Gasteiger partial charge in [0.2, 0.25) is 0 Å². The topological polar surface area (TPSA) is 23.8 Å². The average Bonchev–Trinajstić information content (AvgIpc) is 2.34. The van der Waals surface area contributed by atoms with Crippen LogP contribution >= 0.6 is 0 Å². The fourth-order valence-electron chi connectivity index (χ4n) is 1.70. The smallest absolute Gasteiger partial charge is 0.159 e. The van der Waals surface area contributed by atoms with Gasteiger partial charge in [-0.25, -0.2) is 8.78 Å². The largest absolute Gasteiger partial charge is 0.204 e. The predicted octanol–water partition coefficient (Wildman–Crippen LogP) is 3.70. The summed E-state index contributed by atoms with van der Waals surface area (Å²) in [4.78, 5) is 0. The predicted molar refractivity (Wildman–Crippen MR) is 61.1 cm³/mol. The summed E-state index contributed by atoms with van der Waals surface area (Å²) in [5.74, 6) is -1.75. The molecule has 84 valence electrons. The van der Waals surface area contributed by atoms with Crippen molar-refractivity contribution in [2.75, 3.05) is 0 Å². The third-order valence-corrected chi connectivity index (χ3v) is 2.52. The lowest BCUT2D eigenvalue weighted by Gasteiger charge is -2.07. The van der Waals surface area contributed by atoms with Crippen LogP contribution in [0.5, 0.6) is 0 Å². The average molecular weight is 229 g/mol. The summed E-state index contributed by atoms with van der Waals surface area (Å²) < 4.78 is 26.0. The molecule has 0 heterocycles. The van der Waals surface area contributed by atoms with E-state index in [-0.39, 0.29) is 6.42 Å². The molecular formula is C14H9F2N. The number of hydrogen-bond acceptors (Lipinski definition) is 1. The zero-order valence-corrected chi connectivity index (χ0v) is 8.95. The van der Waals surface area contributed by atoms with Crippen molar-refractivity contribution in [1.82, 2.24) is 0 Å². The van der Waals surface area contributed by atoms with E-state index in [0.29, 0.717) is 5.56 Å². The Morgan fingerprint density at radius 3 is 2.47 bits per heavy atom. The molecule has 3 heteroatoms. The summed E-state index contributed by atoms with van der Waals surface area (Å²) in [6.07, 6.45) is 0.245. The lowest BCUT2D eigenvalue weighted by molar-refractivity contribution is 0.509. The van der Waals surface area contributed by atoms with Gasteiger partial charge in [-0.2, -0.15) is 5.26 Å². The van der Waals surface area contributed by atoms with Gasteiger partial charge in [0.1, 0.15) is 0 Å². The van der Waals surface area contributed by atoms with Crippen molar-refractivity contribution < 1.29 is 8.78 Å². The molecule has 0 unspecified atom stereocenters. The first-order valence-electron chi connectivity index (χ1n) is 5.12. The van der Waals surface area contributed by atoms with Gasteiger partial charge >= 0.3 is 0 Å². The lowest BCUT2D eigenvalue weighted by atomic mass is 9.98. The van der Waals surface area contributed by atoms with Crippen molar-refractivity contribution in [3.63, 3.8) is 0 Å².